The maximum atomic E-state index is 12.3. The van der Waals surface area contributed by atoms with E-state index in [1.165, 1.54) is 29.2 Å². The molecule has 0 radical (unpaired) electrons. The van der Waals surface area contributed by atoms with Crippen molar-refractivity contribution in [3.05, 3.63) is 63.7 Å². The Labute approximate surface area is 163 Å². The molecule has 0 aliphatic heterocycles. The molecule has 2 aromatic carbocycles. The average Bonchev–Trinajstić information content (AvgIpc) is 3.14. The zero-order valence-corrected chi connectivity index (χ0v) is 15.6. The van der Waals surface area contributed by atoms with E-state index in [0.29, 0.717) is 22.2 Å². The van der Waals surface area contributed by atoms with Crippen LogP contribution in [0, 0.1) is 10.1 Å². The van der Waals surface area contributed by atoms with Gasteiger partial charge in [-0.3, -0.25) is 14.9 Å². The van der Waals surface area contributed by atoms with Crippen LogP contribution in [0.4, 0.5) is 11.4 Å². The number of nitrogens with zero attached hydrogens (tertiary/aromatic N) is 4. The maximum absolute atomic E-state index is 12.3. The number of aromatic nitrogens is 2. The third-order valence-electron chi connectivity index (χ3n) is 3.62. The molecule has 0 N–H and O–H groups in total. The molecule has 8 nitrogen and oxygen atoms in total. The van der Waals surface area contributed by atoms with Gasteiger partial charge in [0, 0.05) is 35.5 Å². The molecule has 0 aliphatic rings. The molecule has 0 unspecified atom stereocenters. The van der Waals surface area contributed by atoms with Crippen LogP contribution in [0.5, 0.6) is 0 Å². The van der Waals surface area contributed by atoms with Gasteiger partial charge in [-0.05, 0) is 30.3 Å². The molecule has 0 bridgehead atoms. The number of rotatable bonds is 6. The number of thioether (sulfide) groups is 1. The van der Waals surface area contributed by atoms with Crippen molar-refractivity contribution in [2.75, 3.05) is 17.7 Å². The van der Waals surface area contributed by atoms with Gasteiger partial charge in [0.25, 0.3) is 10.9 Å². The normalized spacial score (nSPS) is 10.6. The van der Waals surface area contributed by atoms with Crippen LogP contribution in [0.2, 0.25) is 5.02 Å². The van der Waals surface area contributed by atoms with Crippen LogP contribution in [-0.2, 0) is 4.79 Å². The molecule has 10 heteroatoms. The maximum Gasteiger partial charge on any atom is 0.277 e. The van der Waals surface area contributed by atoms with Gasteiger partial charge in [0.05, 0.1) is 10.7 Å². The van der Waals surface area contributed by atoms with Crippen LogP contribution >= 0.6 is 23.4 Å². The van der Waals surface area contributed by atoms with E-state index in [4.69, 9.17) is 16.0 Å². The number of carbonyl (C=O) groups is 1. The van der Waals surface area contributed by atoms with E-state index in [1.807, 2.05) is 0 Å². The molecule has 1 aromatic heterocycles. The number of nitro groups is 1. The molecule has 0 saturated carbocycles. The number of nitro benzene ring substituents is 1. The topological polar surface area (TPSA) is 102 Å². The Hall–Kier alpha value is -2.91. The summed E-state index contributed by atoms with van der Waals surface area (Å²) in [6, 6.07) is 12.7. The SMILES string of the molecule is CN(C(=O)CSc1nnc(-c2cccc(Cl)c2)o1)c1ccc([N+](=O)[O-])cc1. The molecule has 138 valence electrons. The number of carbonyl (C=O) groups excluding carboxylic acids is 1. The van der Waals surface area contributed by atoms with Crippen molar-refractivity contribution in [1.82, 2.24) is 10.2 Å². The van der Waals surface area contributed by atoms with E-state index in [0.717, 1.165) is 11.8 Å². The highest BCUT2D eigenvalue weighted by Crippen LogP contribution is 2.26. The van der Waals surface area contributed by atoms with Crippen molar-refractivity contribution in [3.8, 4) is 11.5 Å². The quantitative estimate of drug-likeness (QED) is 0.347. The molecule has 0 atom stereocenters. The minimum Gasteiger partial charge on any atom is -0.411 e. The zero-order valence-electron chi connectivity index (χ0n) is 14.0. The zero-order chi connectivity index (χ0) is 19.4. The number of benzene rings is 2. The molecule has 1 amide bonds. The largest absolute Gasteiger partial charge is 0.411 e. The predicted molar refractivity (Wildman–Crippen MR) is 102 cm³/mol. The Morgan fingerprint density at radius 2 is 2.00 bits per heavy atom. The van der Waals surface area contributed by atoms with Crippen LogP contribution in [0.15, 0.2) is 58.2 Å². The second-order valence-electron chi connectivity index (χ2n) is 5.40. The molecule has 0 aliphatic carbocycles. The minimum atomic E-state index is -0.492. The summed E-state index contributed by atoms with van der Waals surface area (Å²) in [7, 11) is 1.59. The molecular formula is C17H13ClN4O4S. The lowest BCUT2D eigenvalue weighted by Crippen LogP contribution is -2.27. The fourth-order valence-electron chi connectivity index (χ4n) is 2.17. The number of non-ortho nitro benzene ring substituents is 1. The third kappa shape index (κ3) is 4.63. The van der Waals surface area contributed by atoms with Crippen molar-refractivity contribution in [3.63, 3.8) is 0 Å². The fourth-order valence-corrected chi connectivity index (χ4v) is 3.04. The lowest BCUT2D eigenvalue weighted by molar-refractivity contribution is -0.384. The van der Waals surface area contributed by atoms with Crippen LogP contribution in [0.3, 0.4) is 0 Å². The van der Waals surface area contributed by atoms with E-state index in [2.05, 4.69) is 10.2 Å². The number of amides is 1. The highest BCUT2D eigenvalue weighted by Gasteiger charge is 2.16. The summed E-state index contributed by atoms with van der Waals surface area (Å²) in [5, 5.41) is 19.4. The first-order chi connectivity index (χ1) is 12.9. The van der Waals surface area contributed by atoms with Gasteiger partial charge in [-0.25, -0.2) is 0 Å². The molecule has 0 saturated heterocycles. The highest BCUT2D eigenvalue weighted by atomic mass is 35.5. The molecular weight excluding hydrogens is 392 g/mol. The molecule has 27 heavy (non-hydrogen) atoms. The van der Waals surface area contributed by atoms with Crippen LogP contribution in [-0.4, -0.2) is 33.8 Å². The second-order valence-corrected chi connectivity index (χ2v) is 6.76. The summed E-state index contributed by atoms with van der Waals surface area (Å²) in [5.74, 6) is 0.178. The van der Waals surface area contributed by atoms with Gasteiger partial charge in [0.2, 0.25) is 11.8 Å². The van der Waals surface area contributed by atoms with Crippen LogP contribution < -0.4 is 4.90 Å². The number of halogens is 1. The molecule has 0 fully saturated rings. The van der Waals surface area contributed by atoms with Crippen molar-refractivity contribution < 1.29 is 14.1 Å². The summed E-state index contributed by atoms with van der Waals surface area (Å²) in [5.41, 5.74) is 1.21. The Morgan fingerprint density at radius 3 is 2.67 bits per heavy atom. The predicted octanol–water partition coefficient (Wildman–Crippen LogP) is 4.05. The van der Waals surface area contributed by atoms with Gasteiger partial charge in [-0.2, -0.15) is 0 Å². The summed E-state index contributed by atoms with van der Waals surface area (Å²) in [6.45, 7) is 0. The number of hydrogen-bond acceptors (Lipinski definition) is 7. The summed E-state index contributed by atoms with van der Waals surface area (Å²) >= 11 is 7.05. The minimum absolute atomic E-state index is 0.0339. The third-order valence-corrected chi connectivity index (χ3v) is 4.66. The van der Waals surface area contributed by atoms with Gasteiger partial charge in [-0.1, -0.05) is 29.4 Å². The Morgan fingerprint density at radius 1 is 1.26 bits per heavy atom. The Bertz CT molecular complexity index is 977. The van der Waals surface area contributed by atoms with Gasteiger partial charge >= 0.3 is 0 Å². The van der Waals surface area contributed by atoms with Crippen molar-refractivity contribution in [2.24, 2.45) is 0 Å². The van der Waals surface area contributed by atoms with Gasteiger partial charge in [-0.15, -0.1) is 10.2 Å². The second kappa shape index (κ2) is 8.19. The van der Waals surface area contributed by atoms with E-state index in [9.17, 15) is 14.9 Å². The number of hydrogen-bond donors (Lipinski definition) is 0. The Kier molecular flexibility index (Phi) is 5.72. The van der Waals surface area contributed by atoms with Crippen molar-refractivity contribution >= 4 is 40.6 Å². The van der Waals surface area contributed by atoms with E-state index >= 15 is 0 Å². The first-order valence-electron chi connectivity index (χ1n) is 7.67. The fraction of sp³-hybridized carbons (Fsp3) is 0.118. The summed E-state index contributed by atoms with van der Waals surface area (Å²) < 4.78 is 5.54. The Balaban J connectivity index is 1.61. The summed E-state index contributed by atoms with van der Waals surface area (Å²) in [6.07, 6.45) is 0. The summed E-state index contributed by atoms with van der Waals surface area (Å²) in [4.78, 5) is 23.9. The van der Waals surface area contributed by atoms with E-state index in [1.54, 1.807) is 31.3 Å². The van der Waals surface area contributed by atoms with Crippen molar-refractivity contribution in [2.45, 2.75) is 5.22 Å². The standard InChI is InChI=1S/C17H13ClN4O4S/c1-21(13-5-7-14(8-6-13)22(24)25)15(23)10-27-17-20-19-16(26-17)11-3-2-4-12(18)9-11/h2-9H,10H2,1H3. The van der Waals surface area contributed by atoms with E-state index < -0.39 is 4.92 Å². The molecule has 0 spiro atoms. The smallest absolute Gasteiger partial charge is 0.277 e. The highest BCUT2D eigenvalue weighted by molar-refractivity contribution is 7.99. The first-order valence-corrected chi connectivity index (χ1v) is 9.03. The number of anilines is 1. The van der Waals surface area contributed by atoms with E-state index in [-0.39, 0.29) is 22.6 Å². The first kappa shape index (κ1) is 18.9. The van der Waals surface area contributed by atoms with Crippen LogP contribution in [0.25, 0.3) is 11.5 Å². The molecule has 3 aromatic rings. The van der Waals surface area contributed by atoms with Crippen LogP contribution in [0.1, 0.15) is 0 Å². The molecule has 3 rings (SSSR count). The molecule has 1 heterocycles. The van der Waals surface area contributed by atoms with Gasteiger partial charge in [0.15, 0.2) is 0 Å². The lowest BCUT2D eigenvalue weighted by Gasteiger charge is -2.16. The average molecular weight is 405 g/mol. The monoisotopic (exact) mass is 404 g/mol. The van der Waals surface area contributed by atoms with Gasteiger partial charge < -0.3 is 9.32 Å². The lowest BCUT2D eigenvalue weighted by atomic mass is 10.2. The van der Waals surface area contributed by atoms with Crippen molar-refractivity contribution in [1.29, 1.82) is 0 Å². The van der Waals surface area contributed by atoms with Gasteiger partial charge in [0.1, 0.15) is 0 Å².